The van der Waals surface area contributed by atoms with Gasteiger partial charge < -0.3 is 33.8 Å². The molecule has 0 aliphatic carbocycles. The first kappa shape index (κ1) is 102. The topological polar surface area (TPSA) is 237 Å². The zero-order valence-electron chi connectivity index (χ0n) is 68.5. The van der Waals surface area contributed by atoms with Crippen LogP contribution in [0.25, 0.3) is 0 Å². The second-order valence-electron chi connectivity index (χ2n) is 31.5. The third-order valence-electron chi connectivity index (χ3n) is 20.6. The lowest BCUT2D eigenvalue weighted by molar-refractivity contribution is -0.161. The minimum Gasteiger partial charge on any atom is -0.462 e. The van der Waals surface area contributed by atoms with E-state index < -0.39 is 97.5 Å². The number of rotatable bonds is 83. The lowest BCUT2D eigenvalue weighted by Crippen LogP contribution is -2.30. The second kappa shape index (κ2) is 75.1. The van der Waals surface area contributed by atoms with E-state index in [0.717, 1.165) is 108 Å². The fourth-order valence-electron chi connectivity index (χ4n) is 13.1. The number of esters is 4. The van der Waals surface area contributed by atoms with Crippen LogP contribution in [0.3, 0.4) is 0 Å². The molecule has 0 fully saturated rings. The molecule has 0 radical (unpaired) electrons. The molecule has 0 aromatic carbocycles. The maximum Gasteiger partial charge on any atom is 0.472 e. The van der Waals surface area contributed by atoms with E-state index >= 15 is 0 Å². The van der Waals surface area contributed by atoms with Crippen LogP contribution in [0.15, 0.2) is 0 Å². The number of unbranched alkanes of at least 4 members (excludes halogenated alkanes) is 49. The molecular formula is C85H166O17P2. The molecule has 0 aliphatic heterocycles. The van der Waals surface area contributed by atoms with Crippen LogP contribution in [0.2, 0.25) is 0 Å². The van der Waals surface area contributed by atoms with E-state index in [4.69, 9.17) is 37.0 Å². The number of carbonyl (C=O) groups excluding carboxylic acids is 4. The second-order valence-corrected chi connectivity index (χ2v) is 34.4. The predicted octanol–water partition coefficient (Wildman–Crippen LogP) is 25.7. The van der Waals surface area contributed by atoms with Gasteiger partial charge in [-0.2, -0.15) is 0 Å². The van der Waals surface area contributed by atoms with Gasteiger partial charge in [-0.25, -0.2) is 9.13 Å². The molecule has 0 aliphatic rings. The summed E-state index contributed by atoms with van der Waals surface area (Å²) in [6, 6.07) is 0. The molecule has 0 aromatic rings. The van der Waals surface area contributed by atoms with Crippen LogP contribution in [0.1, 0.15) is 447 Å². The molecule has 3 N–H and O–H groups in total. The first-order chi connectivity index (χ1) is 50.3. The van der Waals surface area contributed by atoms with Crippen molar-refractivity contribution >= 4 is 39.5 Å². The number of carbonyl (C=O) groups is 4. The zero-order valence-corrected chi connectivity index (χ0v) is 70.3. The van der Waals surface area contributed by atoms with Crippen molar-refractivity contribution in [3.05, 3.63) is 0 Å². The molecule has 0 saturated carbocycles. The maximum absolute atomic E-state index is 13.1. The lowest BCUT2D eigenvalue weighted by Gasteiger charge is -2.21. The van der Waals surface area contributed by atoms with Gasteiger partial charge in [0, 0.05) is 25.7 Å². The smallest absolute Gasteiger partial charge is 0.462 e. The maximum atomic E-state index is 13.1. The Labute approximate surface area is 638 Å². The minimum atomic E-state index is -4.97. The van der Waals surface area contributed by atoms with Crippen LogP contribution >= 0.6 is 15.6 Å². The van der Waals surface area contributed by atoms with Crippen molar-refractivity contribution in [2.75, 3.05) is 39.6 Å². The summed E-state index contributed by atoms with van der Waals surface area (Å²) in [6.07, 6.45) is 65.1. The fourth-order valence-corrected chi connectivity index (χ4v) is 14.7. The Hall–Kier alpha value is -1.94. The van der Waals surface area contributed by atoms with E-state index in [0.29, 0.717) is 25.7 Å². The van der Waals surface area contributed by atoms with Gasteiger partial charge in [0.05, 0.1) is 26.4 Å². The van der Waals surface area contributed by atoms with Gasteiger partial charge in [-0.1, -0.05) is 395 Å². The highest BCUT2D eigenvalue weighted by molar-refractivity contribution is 7.47. The number of aliphatic hydroxyl groups excluding tert-OH is 1. The predicted molar refractivity (Wildman–Crippen MR) is 428 cm³/mol. The van der Waals surface area contributed by atoms with Crippen molar-refractivity contribution in [3.63, 3.8) is 0 Å². The molecule has 4 unspecified atom stereocenters. The highest BCUT2D eigenvalue weighted by Gasteiger charge is 2.30. The van der Waals surface area contributed by atoms with Crippen molar-refractivity contribution < 1.29 is 80.2 Å². The molecule has 104 heavy (non-hydrogen) atoms. The van der Waals surface area contributed by atoms with Gasteiger partial charge in [0.25, 0.3) is 0 Å². The Morgan fingerprint density at radius 2 is 0.490 bits per heavy atom. The van der Waals surface area contributed by atoms with Crippen LogP contribution < -0.4 is 0 Å². The Morgan fingerprint density at radius 1 is 0.279 bits per heavy atom. The molecule has 0 rings (SSSR count). The zero-order chi connectivity index (χ0) is 76.5. The van der Waals surface area contributed by atoms with Crippen molar-refractivity contribution in [3.8, 4) is 0 Å². The standard InChI is InChI=1S/C85H166O17P2/c1-8-11-12-13-14-15-16-17-18-21-25-28-31-37-45-52-59-66-82(87)95-72-80(101-84(89)68-61-54-47-38-32-29-26-23-20-19-22-24-27-30-35-42-49-56-63-76(4)5)74-99-103(91,92)97-70-79(86)71-98-104(93,94)100-75-81(73-96-83(88)67-60-53-46-41-40-44-51-58-65-78(7)10-3)102-85(90)69-62-55-48-39-34-33-36-43-50-57-64-77(6)9-2/h76-81,86H,8-75H2,1-7H3,(H,91,92)(H,93,94)/t77?,78?,79-,80-,81-/m1/s1. The van der Waals surface area contributed by atoms with E-state index in [1.807, 2.05) is 0 Å². The van der Waals surface area contributed by atoms with E-state index in [-0.39, 0.29) is 25.7 Å². The Bertz CT molecular complexity index is 2010. The van der Waals surface area contributed by atoms with Gasteiger partial charge in [-0.05, 0) is 43.4 Å². The van der Waals surface area contributed by atoms with Gasteiger partial charge >= 0.3 is 39.5 Å². The number of hydrogen-bond donors (Lipinski definition) is 3. The van der Waals surface area contributed by atoms with Crippen molar-refractivity contribution in [1.29, 1.82) is 0 Å². The molecule has 0 amide bonds. The largest absolute Gasteiger partial charge is 0.472 e. The first-order valence-electron chi connectivity index (χ1n) is 43.9. The SMILES string of the molecule is CCCCCCCCCCCCCCCCCCCC(=O)OC[C@H](COP(=O)(O)OC[C@@H](O)COP(=O)(O)OC[C@@H](COC(=O)CCCCCCCCCCC(C)CC)OC(=O)CCCCCCCCCCCCC(C)CC)OC(=O)CCCCCCCCCCCCCCCCCCCCC(C)C. The summed E-state index contributed by atoms with van der Waals surface area (Å²) in [4.78, 5) is 73.2. The molecule has 7 atom stereocenters. The van der Waals surface area contributed by atoms with Gasteiger partial charge in [0.1, 0.15) is 19.3 Å². The summed E-state index contributed by atoms with van der Waals surface area (Å²) >= 11 is 0. The normalized spacial score (nSPS) is 14.4. The summed E-state index contributed by atoms with van der Waals surface area (Å²) in [5, 5.41) is 10.7. The third kappa shape index (κ3) is 75.5. The van der Waals surface area contributed by atoms with Crippen LogP contribution in [-0.2, 0) is 65.4 Å². The van der Waals surface area contributed by atoms with Gasteiger partial charge in [0.2, 0.25) is 0 Å². The average Bonchev–Trinajstić information content (AvgIpc) is 2.46. The molecule has 0 bridgehead atoms. The van der Waals surface area contributed by atoms with Gasteiger partial charge in [-0.15, -0.1) is 0 Å². The highest BCUT2D eigenvalue weighted by Crippen LogP contribution is 2.45. The van der Waals surface area contributed by atoms with Crippen molar-refractivity contribution in [2.24, 2.45) is 17.8 Å². The van der Waals surface area contributed by atoms with E-state index in [1.54, 1.807) is 0 Å². The summed E-state index contributed by atoms with van der Waals surface area (Å²) in [5.74, 6) is 0.295. The summed E-state index contributed by atoms with van der Waals surface area (Å²) in [7, 11) is -9.93. The van der Waals surface area contributed by atoms with E-state index in [9.17, 15) is 43.2 Å². The van der Waals surface area contributed by atoms with Crippen molar-refractivity contribution in [2.45, 2.75) is 465 Å². The molecule has 17 nitrogen and oxygen atoms in total. The van der Waals surface area contributed by atoms with Crippen molar-refractivity contribution in [1.82, 2.24) is 0 Å². The Morgan fingerprint density at radius 3 is 0.731 bits per heavy atom. The molecule has 618 valence electrons. The quantitative estimate of drug-likeness (QED) is 0.0222. The first-order valence-corrected chi connectivity index (χ1v) is 46.9. The number of hydrogen-bond acceptors (Lipinski definition) is 15. The highest BCUT2D eigenvalue weighted by atomic mass is 31.2. The lowest BCUT2D eigenvalue weighted by atomic mass is 9.99. The molecule has 0 spiro atoms. The van der Waals surface area contributed by atoms with Crippen LogP contribution in [0, 0.1) is 17.8 Å². The van der Waals surface area contributed by atoms with Crippen LogP contribution in [-0.4, -0.2) is 96.7 Å². The number of aliphatic hydroxyl groups is 1. The molecule has 19 heteroatoms. The third-order valence-corrected chi connectivity index (χ3v) is 22.5. The minimum absolute atomic E-state index is 0.106. The van der Waals surface area contributed by atoms with Gasteiger partial charge in [0.15, 0.2) is 12.2 Å². The Balaban J connectivity index is 5.25. The summed E-state index contributed by atoms with van der Waals surface area (Å²) in [5.41, 5.74) is 0. The summed E-state index contributed by atoms with van der Waals surface area (Å²) < 4.78 is 68.9. The Kier molecular flexibility index (Phi) is 73.7. The fraction of sp³-hybridized carbons (Fsp3) is 0.953. The molecule has 0 saturated heterocycles. The van der Waals surface area contributed by atoms with Crippen LogP contribution in [0.4, 0.5) is 0 Å². The molecular weight excluding hydrogens is 1350 g/mol. The van der Waals surface area contributed by atoms with E-state index in [2.05, 4.69) is 48.5 Å². The number of phosphoric acid groups is 2. The van der Waals surface area contributed by atoms with Gasteiger partial charge in [-0.3, -0.25) is 37.3 Å². The molecule has 0 heterocycles. The monoisotopic (exact) mass is 1520 g/mol. The van der Waals surface area contributed by atoms with Crippen LogP contribution in [0.5, 0.6) is 0 Å². The summed E-state index contributed by atoms with van der Waals surface area (Å²) in [6.45, 7) is 12.0. The average molecular weight is 1520 g/mol. The molecule has 0 aromatic heterocycles. The number of phosphoric ester groups is 2. The van der Waals surface area contributed by atoms with E-state index in [1.165, 1.54) is 257 Å². The number of ether oxygens (including phenoxy) is 4.